The van der Waals surface area contributed by atoms with Gasteiger partial charge in [-0.3, -0.25) is 0 Å². The third kappa shape index (κ3) is 3.00. The van der Waals surface area contributed by atoms with E-state index < -0.39 is 0 Å². The Hall–Kier alpha value is -1.97. The van der Waals surface area contributed by atoms with Crippen LogP contribution in [0.5, 0.6) is 0 Å². The minimum atomic E-state index is -0.250. The predicted molar refractivity (Wildman–Crippen MR) is 66.2 cm³/mol. The fourth-order valence-electron chi connectivity index (χ4n) is 1.48. The first-order valence-corrected chi connectivity index (χ1v) is 5.51. The molecule has 0 aliphatic carbocycles. The predicted octanol–water partition coefficient (Wildman–Crippen LogP) is 3.10. The van der Waals surface area contributed by atoms with E-state index in [2.05, 4.69) is 15.5 Å². The molecule has 1 N–H and O–H groups in total. The van der Waals surface area contributed by atoms with Gasteiger partial charge in [-0.15, -0.1) is 10.2 Å². The lowest BCUT2D eigenvalue weighted by Gasteiger charge is -2.08. The summed E-state index contributed by atoms with van der Waals surface area (Å²) < 4.78 is 12.8. The molecule has 2 aromatic rings. The molecule has 0 aliphatic rings. The largest absolute Gasteiger partial charge is 0.366 e. The van der Waals surface area contributed by atoms with Crippen LogP contribution in [0.4, 0.5) is 10.2 Å². The van der Waals surface area contributed by atoms with E-state index in [0.29, 0.717) is 6.04 Å². The van der Waals surface area contributed by atoms with Crippen LogP contribution in [0.25, 0.3) is 11.3 Å². The summed E-state index contributed by atoms with van der Waals surface area (Å²) in [5.74, 6) is 0.491. The fraction of sp³-hybridized carbons (Fsp3) is 0.231. The van der Waals surface area contributed by atoms with Crippen molar-refractivity contribution in [2.45, 2.75) is 19.9 Å². The van der Waals surface area contributed by atoms with E-state index in [1.54, 1.807) is 12.1 Å². The van der Waals surface area contributed by atoms with Gasteiger partial charge in [0.2, 0.25) is 0 Å². The van der Waals surface area contributed by atoms with E-state index in [0.717, 1.165) is 17.1 Å². The van der Waals surface area contributed by atoms with Crippen molar-refractivity contribution in [1.29, 1.82) is 0 Å². The summed E-state index contributed by atoms with van der Waals surface area (Å²) in [6, 6.07) is 10.3. The van der Waals surface area contributed by atoms with Crippen molar-refractivity contribution in [3.05, 3.63) is 42.2 Å². The highest BCUT2D eigenvalue weighted by molar-refractivity contribution is 5.59. The van der Waals surface area contributed by atoms with E-state index in [9.17, 15) is 4.39 Å². The van der Waals surface area contributed by atoms with Crippen LogP contribution < -0.4 is 5.32 Å². The van der Waals surface area contributed by atoms with Crippen molar-refractivity contribution in [1.82, 2.24) is 10.2 Å². The zero-order chi connectivity index (χ0) is 12.3. The average Bonchev–Trinajstić information content (AvgIpc) is 2.30. The lowest BCUT2D eigenvalue weighted by Crippen LogP contribution is -2.11. The molecule has 1 heterocycles. The molecule has 88 valence electrons. The van der Waals surface area contributed by atoms with Crippen LogP contribution in [0.2, 0.25) is 0 Å². The van der Waals surface area contributed by atoms with Gasteiger partial charge in [0.05, 0.1) is 5.69 Å². The summed E-state index contributed by atoms with van der Waals surface area (Å²) in [6.45, 7) is 4.07. The van der Waals surface area contributed by atoms with Gasteiger partial charge in [-0.25, -0.2) is 4.39 Å². The lowest BCUT2D eigenvalue weighted by molar-refractivity contribution is 0.628. The SMILES string of the molecule is CC(C)Nc1ccc(-c2ccc(F)cc2)nn1. The molecule has 3 nitrogen and oxygen atoms in total. The van der Waals surface area contributed by atoms with Gasteiger partial charge in [-0.1, -0.05) is 0 Å². The molecule has 0 bridgehead atoms. The first-order chi connectivity index (χ1) is 8.15. The van der Waals surface area contributed by atoms with E-state index in [4.69, 9.17) is 0 Å². The van der Waals surface area contributed by atoms with Crippen molar-refractivity contribution in [2.24, 2.45) is 0 Å². The fourth-order valence-corrected chi connectivity index (χ4v) is 1.48. The Bertz CT molecular complexity index is 477. The highest BCUT2D eigenvalue weighted by Gasteiger charge is 2.02. The molecule has 2 rings (SSSR count). The molecule has 0 radical (unpaired) electrons. The Balaban J connectivity index is 2.20. The summed E-state index contributed by atoms with van der Waals surface area (Å²) >= 11 is 0. The van der Waals surface area contributed by atoms with E-state index in [-0.39, 0.29) is 5.82 Å². The standard InChI is InChI=1S/C13H14FN3/c1-9(2)15-13-8-7-12(16-17-13)10-3-5-11(14)6-4-10/h3-9H,1-2H3,(H,15,17). The number of aromatic nitrogens is 2. The van der Waals surface area contributed by atoms with E-state index >= 15 is 0 Å². The van der Waals surface area contributed by atoms with Crippen molar-refractivity contribution in [3.8, 4) is 11.3 Å². The maximum Gasteiger partial charge on any atom is 0.148 e. The van der Waals surface area contributed by atoms with Crippen molar-refractivity contribution < 1.29 is 4.39 Å². The highest BCUT2D eigenvalue weighted by atomic mass is 19.1. The first-order valence-electron chi connectivity index (χ1n) is 5.51. The maximum absolute atomic E-state index is 12.8. The van der Waals surface area contributed by atoms with Crippen molar-refractivity contribution >= 4 is 5.82 Å². The summed E-state index contributed by atoms with van der Waals surface area (Å²) in [6.07, 6.45) is 0. The Kier molecular flexibility index (Phi) is 3.32. The molecule has 0 atom stereocenters. The summed E-state index contributed by atoms with van der Waals surface area (Å²) in [5, 5.41) is 11.3. The van der Waals surface area contributed by atoms with Crippen LogP contribution in [0.3, 0.4) is 0 Å². The second-order valence-electron chi connectivity index (χ2n) is 4.11. The zero-order valence-electron chi connectivity index (χ0n) is 9.81. The third-order valence-corrected chi connectivity index (χ3v) is 2.24. The third-order valence-electron chi connectivity index (χ3n) is 2.24. The molecule has 0 saturated carbocycles. The number of hydrogen-bond acceptors (Lipinski definition) is 3. The summed E-state index contributed by atoms with van der Waals surface area (Å²) in [5.41, 5.74) is 1.59. The maximum atomic E-state index is 12.8. The smallest absolute Gasteiger partial charge is 0.148 e. The molecule has 0 saturated heterocycles. The van der Waals surface area contributed by atoms with Crippen LogP contribution in [-0.2, 0) is 0 Å². The summed E-state index contributed by atoms with van der Waals surface area (Å²) in [4.78, 5) is 0. The zero-order valence-corrected chi connectivity index (χ0v) is 9.81. The topological polar surface area (TPSA) is 37.8 Å². The minimum Gasteiger partial charge on any atom is -0.366 e. The highest BCUT2D eigenvalue weighted by Crippen LogP contribution is 2.17. The molecule has 4 heteroatoms. The van der Waals surface area contributed by atoms with Crippen LogP contribution in [0.15, 0.2) is 36.4 Å². The Morgan fingerprint density at radius 2 is 1.71 bits per heavy atom. The minimum absolute atomic E-state index is 0.250. The van der Waals surface area contributed by atoms with E-state index in [1.807, 2.05) is 26.0 Å². The van der Waals surface area contributed by atoms with Gasteiger partial charge in [0.15, 0.2) is 0 Å². The van der Waals surface area contributed by atoms with Crippen LogP contribution in [0.1, 0.15) is 13.8 Å². The Labute approximate surface area is 99.7 Å². The second-order valence-corrected chi connectivity index (χ2v) is 4.11. The molecule has 0 fully saturated rings. The Morgan fingerprint density at radius 1 is 1.00 bits per heavy atom. The molecule has 1 aromatic heterocycles. The monoisotopic (exact) mass is 231 g/mol. The number of nitrogens with zero attached hydrogens (tertiary/aromatic N) is 2. The second kappa shape index (κ2) is 4.91. The van der Waals surface area contributed by atoms with Gasteiger partial charge < -0.3 is 5.32 Å². The van der Waals surface area contributed by atoms with Crippen LogP contribution in [0, 0.1) is 5.82 Å². The Morgan fingerprint density at radius 3 is 2.24 bits per heavy atom. The number of benzene rings is 1. The van der Waals surface area contributed by atoms with Gasteiger partial charge in [0, 0.05) is 11.6 Å². The van der Waals surface area contributed by atoms with Crippen LogP contribution >= 0.6 is 0 Å². The number of hydrogen-bond donors (Lipinski definition) is 1. The van der Waals surface area contributed by atoms with Gasteiger partial charge in [0.25, 0.3) is 0 Å². The number of halogens is 1. The van der Waals surface area contributed by atoms with Gasteiger partial charge in [-0.2, -0.15) is 0 Å². The molecule has 1 aromatic carbocycles. The molecule has 0 spiro atoms. The quantitative estimate of drug-likeness (QED) is 0.882. The molecule has 17 heavy (non-hydrogen) atoms. The average molecular weight is 231 g/mol. The molecule has 0 unspecified atom stereocenters. The van der Waals surface area contributed by atoms with Crippen molar-refractivity contribution in [3.63, 3.8) is 0 Å². The molecule has 0 amide bonds. The number of nitrogens with one attached hydrogen (secondary N) is 1. The first kappa shape index (κ1) is 11.5. The number of anilines is 1. The lowest BCUT2D eigenvalue weighted by atomic mass is 10.1. The molecule has 0 aliphatic heterocycles. The normalized spacial score (nSPS) is 10.6. The molecular formula is C13H14FN3. The van der Waals surface area contributed by atoms with Gasteiger partial charge in [-0.05, 0) is 50.2 Å². The van der Waals surface area contributed by atoms with Crippen molar-refractivity contribution in [2.75, 3.05) is 5.32 Å². The van der Waals surface area contributed by atoms with Crippen LogP contribution in [-0.4, -0.2) is 16.2 Å². The summed E-state index contributed by atoms with van der Waals surface area (Å²) in [7, 11) is 0. The molecular weight excluding hydrogens is 217 g/mol. The number of rotatable bonds is 3. The van der Waals surface area contributed by atoms with E-state index in [1.165, 1.54) is 12.1 Å². The van der Waals surface area contributed by atoms with Gasteiger partial charge >= 0.3 is 0 Å². The van der Waals surface area contributed by atoms with Gasteiger partial charge in [0.1, 0.15) is 11.6 Å².